The highest BCUT2D eigenvalue weighted by atomic mass is 79.9. The van der Waals surface area contributed by atoms with E-state index in [0.717, 1.165) is 24.0 Å². The Bertz CT molecular complexity index is 670. The zero-order valence-corrected chi connectivity index (χ0v) is 14.6. The molecule has 3 rings (SSSR count). The Morgan fingerprint density at radius 2 is 2.04 bits per heavy atom. The van der Waals surface area contributed by atoms with Crippen LogP contribution in [0.5, 0.6) is 11.6 Å². The minimum atomic E-state index is 0.0549. The number of amides is 1. The van der Waals surface area contributed by atoms with E-state index < -0.39 is 0 Å². The van der Waals surface area contributed by atoms with Crippen molar-refractivity contribution in [3.05, 3.63) is 52.6 Å². The van der Waals surface area contributed by atoms with Crippen LogP contribution in [0.1, 0.15) is 30.1 Å². The molecule has 0 aliphatic carbocycles. The Hall–Kier alpha value is -1.88. The van der Waals surface area contributed by atoms with Crippen LogP contribution in [0.25, 0.3) is 0 Å². The van der Waals surface area contributed by atoms with Gasteiger partial charge in [-0.15, -0.1) is 0 Å². The largest absolute Gasteiger partial charge is 0.439 e. The summed E-state index contributed by atoms with van der Waals surface area (Å²) in [5.74, 6) is 1.82. The fourth-order valence-electron chi connectivity index (χ4n) is 2.75. The minimum Gasteiger partial charge on any atom is -0.439 e. The molecule has 1 saturated heterocycles. The van der Waals surface area contributed by atoms with Crippen molar-refractivity contribution in [3.63, 3.8) is 0 Å². The van der Waals surface area contributed by atoms with Crippen molar-refractivity contribution in [1.29, 1.82) is 0 Å². The van der Waals surface area contributed by atoms with Gasteiger partial charge < -0.3 is 9.64 Å². The van der Waals surface area contributed by atoms with Gasteiger partial charge in [0.25, 0.3) is 5.91 Å². The van der Waals surface area contributed by atoms with E-state index in [0.29, 0.717) is 23.1 Å². The number of hydrogen-bond donors (Lipinski definition) is 0. The number of carbonyl (C=O) groups excluding carboxylic acids is 1. The second-order valence-corrected chi connectivity index (χ2v) is 6.86. The van der Waals surface area contributed by atoms with Gasteiger partial charge in [0.15, 0.2) is 0 Å². The molecule has 1 atom stereocenters. The van der Waals surface area contributed by atoms with Gasteiger partial charge in [0.1, 0.15) is 5.75 Å². The second-order valence-electron chi connectivity index (χ2n) is 5.94. The lowest BCUT2D eigenvalue weighted by atomic mass is 10.00. The minimum absolute atomic E-state index is 0.0549. The van der Waals surface area contributed by atoms with E-state index in [9.17, 15) is 4.79 Å². The average Bonchev–Trinajstić information content (AvgIpc) is 2.57. The van der Waals surface area contributed by atoms with Gasteiger partial charge in [-0.2, -0.15) is 0 Å². The molecule has 0 spiro atoms. The van der Waals surface area contributed by atoms with Crippen molar-refractivity contribution in [2.24, 2.45) is 5.92 Å². The predicted octanol–water partition coefficient (Wildman–Crippen LogP) is 4.51. The quantitative estimate of drug-likeness (QED) is 0.793. The van der Waals surface area contributed by atoms with Crippen molar-refractivity contribution in [2.45, 2.75) is 19.8 Å². The van der Waals surface area contributed by atoms with Crippen LogP contribution in [-0.4, -0.2) is 28.9 Å². The van der Waals surface area contributed by atoms with Gasteiger partial charge in [0.2, 0.25) is 5.88 Å². The SMILES string of the molecule is CC1CCCN(C(=O)c2ccc(Oc3ccc(Br)cc3)nc2)C1. The number of nitrogens with zero attached hydrogens (tertiary/aromatic N) is 2. The first-order chi connectivity index (χ1) is 11.1. The van der Waals surface area contributed by atoms with Crippen molar-refractivity contribution in [1.82, 2.24) is 9.88 Å². The van der Waals surface area contributed by atoms with Gasteiger partial charge >= 0.3 is 0 Å². The van der Waals surface area contributed by atoms with Gasteiger partial charge in [0, 0.05) is 29.8 Å². The molecule has 0 saturated carbocycles. The van der Waals surface area contributed by atoms with Crippen LogP contribution in [0.15, 0.2) is 47.1 Å². The molecule has 1 unspecified atom stereocenters. The number of ether oxygens (including phenoxy) is 1. The Balaban J connectivity index is 1.66. The average molecular weight is 375 g/mol. The Morgan fingerprint density at radius 3 is 2.70 bits per heavy atom. The van der Waals surface area contributed by atoms with Crippen LogP contribution in [-0.2, 0) is 0 Å². The van der Waals surface area contributed by atoms with Crippen LogP contribution >= 0.6 is 15.9 Å². The van der Waals surface area contributed by atoms with Crippen LogP contribution < -0.4 is 4.74 Å². The topological polar surface area (TPSA) is 42.4 Å². The Morgan fingerprint density at radius 1 is 1.26 bits per heavy atom. The number of halogens is 1. The van der Waals surface area contributed by atoms with Crippen molar-refractivity contribution in [3.8, 4) is 11.6 Å². The number of carbonyl (C=O) groups is 1. The molecule has 0 radical (unpaired) electrons. The summed E-state index contributed by atoms with van der Waals surface area (Å²) in [6.45, 7) is 3.85. The lowest BCUT2D eigenvalue weighted by molar-refractivity contribution is 0.0682. The van der Waals surface area contributed by atoms with E-state index >= 15 is 0 Å². The molecule has 0 bridgehead atoms. The molecule has 4 nitrogen and oxygen atoms in total. The number of hydrogen-bond acceptors (Lipinski definition) is 3. The number of benzene rings is 1. The summed E-state index contributed by atoms with van der Waals surface area (Å²) < 4.78 is 6.67. The van der Waals surface area contributed by atoms with E-state index in [4.69, 9.17) is 4.74 Å². The van der Waals surface area contributed by atoms with Crippen molar-refractivity contribution < 1.29 is 9.53 Å². The molecule has 1 aliphatic heterocycles. The molecule has 1 aromatic heterocycles. The van der Waals surface area contributed by atoms with Gasteiger partial charge in [-0.25, -0.2) is 4.98 Å². The normalized spacial score (nSPS) is 17.8. The summed E-state index contributed by atoms with van der Waals surface area (Å²) in [6, 6.07) is 11.1. The predicted molar refractivity (Wildman–Crippen MR) is 92.8 cm³/mol. The number of pyridine rings is 1. The van der Waals surface area contributed by atoms with E-state index in [2.05, 4.69) is 27.8 Å². The van der Waals surface area contributed by atoms with E-state index in [1.807, 2.05) is 29.2 Å². The molecular weight excluding hydrogens is 356 g/mol. The van der Waals surface area contributed by atoms with Crippen molar-refractivity contribution in [2.75, 3.05) is 13.1 Å². The third-order valence-corrected chi connectivity index (χ3v) is 4.49. The number of rotatable bonds is 3. The lowest BCUT2D eigenvalue weighted by Crippen LogP contribution is -2.39. The maximum Gasteiger partial charge on any atom is 0.255 e. The fraction of sp³-hybridized carbons (Fsp3) is 0.333. The maximum atomic E-state index is 12.5. The second kappa shape index (κ2) is 7.13. The standard InChI is InChI=1S/C18H19BrN2O2/c1-13-3-2-10-21(12-13)18(22)14-4-9-17(20-11-14)23-16-7-5-15(19)6-8-16/h4-9,11,13H,2-3,10,12H2,1H3. The van der Waals surface area contributed by atoms with E-state index in [1.54, 1.807) is 18.3 Å². The Labute approximate surface area is 144 Å². The smallest absolute Gasteiger partial charge is 0.255 e. The summed E-state index contributed by atoms with van der Waals surface area (Å²) in [5, 5.41) is 0. The molecule has 120 valence electrons. The monoisotopic (exact) mass is 374 g/mol. The molecule has 2 aromatic rings. The molecule has 23 heavy (non-hydrogen) atoms. The van der Waals surface area contributed by atoms with Crippen LogP contribution in [0, 0.1) is 5.92 Å². The van der Waals surface area contributed by atoms with Crippen LogP contribution in [0.2, 0.25) is 0 Å². The molecule has 5 heteroatoms. The zero-order chi connectivity index (χ0) is 16.2. The summed E-state index contributed by atoms with van der Waals surface area (Å²) >= 11 is 3.38. The highest BCUT2D eigenvalue weighted by molar-refractivity contribution is 9.10. The molecule has 1 aliphatic rings. The fourth-order valence-corrected chi connectivity index (χ4v) is 3.01. The van der Waals surface area contributed by atoms with Gasteiger partial charge in [-0.3, -0.25) is 4.79 Å². The van der Waals surface area contributed by atoms with Gasteiger partial charge in [0.05, 0.1) is 5.56 Å². The summed E-state index contributed by atoms with van der Waals surface area (Å²) in [5.41, 5.74) is 0.613. The summed E-state index contributed by atoms with van der Waals surface area (Å²) in [4.78, 5) is 18.7. The first kappa shape index (κ1) is 16.0. The number of likely N-dealkylation sites (tertiary alicyclic amines) is 1. The van der Waals surface area contributed by atoms with Crippen LogP contribution in [0.3, 0.4) is 0 Å². The molecule has 1 fully saturated rings. The van der Waals surface area contributed by atoms with Gasteiger partial charge in [-0.1, -0.05) is 22.9 Å². The lowest BCUT2D eigenvalue weighted by Gasteiger charge is -2.30. The highest BCUT2D eigenvalue weighted by Gasteiger charge is 2.22. The van der Waals surface area contributed by atoms with Crippen molar-refractivity contribution >= 4 is 21.8 Å². The first-order valence-corrected chi connectivity index (χ1v) is 8.60. The Kier molecular flexibility index (Phi) is 4.96. The number of piperidine rings is 1. The zero-order valence-electron chi connectivity index (χ0n) is 13.0. The highest BCUT2D eigenvalue weighted by Crippen LogP contribution is 2.22. The van der Waals surface area contributed by atoms with Crippen LogP contribution in [0.4, 0.5) is 0 Å². The summed E-state index contributed by atoms with van der Waals surface area (Å²) in [7, 11) is 0. The third kappa shape index (κ3) is 4.10. The third-order valence-electron chi connectivity index (χ3n) is 3.96. The van der Waals surface area contributed by atoms with E-state index in [1.165, 1.54) is 6.42 Å². The molecule has 1 aromatic carbocycles. The van der Waals surface area contributed by atoms with Gasteiger partial charge in [-0.05, 0) is 49.1 Å². The summed E-state index contributed by atoms with van der Waals surface area (Å²) in [6.07, 6.45) is 3.86. The molecule has 2 heterocycles. The molecular formula is C18H19BrN2O2. The maximum absolute atomic E-state index is 12.5. The first-order valence-electron chi connectivity index (χ1n) is 7.80. The molecule has 0 N–H and O–H groups in total. The molecule has 1 amide bonds. The van der Waals surface area contributed by atoms with E-state index in [-0.39, 0.29) is 5.91 Å². The number of aromatic nitrogens is 1.